The molecular formula is C22H28N2O5S. The van der Waals surface area contributed by atoms with E-state index in [0.29, 0.717) is 32.0 Å². The van der Waals surface area contributed by atoms with Crippen LogP contribution in [0.4, 0.5) is 0 Å². The van der Waals surface area contributed by atoms with Crippen LogP contribution in [0.1, 0.15) is 11.6 Å². The third-order valence-electron chi connectivity index (χ3n) is 5.22. The fourth-order valence-corrected chi connectivity index (χ4v) is 4.65. The summed E-state index contributed by atoms with van der Waals surface area (Å²) in [6, 6.07) is 16.3. The first-order chi connectivity index (χ1) is 14.4. The Labute approximate surface area is 178 Å². The van der Waals surface area contributed by atoms with Gasteiger partial charge in [0.25, 0.3) is 0 Å². The predicted octanol–water partition coefficient (Wildman–Crippen LogP) is 2.00. The van der Waals surface area contributed by atoms with Gasteiger partial charge in [-0.2, -0.15) is 0 Å². The number of amides is 1. The molecular weight excluding hydrogens is 404 g/mol. The quantitative estimate of drug-likeness (QED) is 0.635. The fraction of sp³-hybridized carbons (Fsp3) is 0.409. The number of likely N-dealkylation sites (N-methyl/N-ethyl adjacent to an activating group) is 1. The molecule has 3 rings (SSSR count). The summed E-state index contributed by atoms with van der Waals surface area (Å²) in [5.74, 6) is 1.54. The summed E-state index contributed by atoms with van der Waals surface area (Å²) in [6.45, 7) is 1.47. The van der Waals surface area contributed by atoms with Crippen LogP contribution in [0, 0.1) is 0 Å². The molecule has 1 aliphatic heterocycles. The summed E-state index contributed by atoms with van der Waals surface area (Å²) in [5, 5.41) is 0. The highest BCUT2D eigenvalue weighted by Crippen LogP contribution is 2.25. The molecule has 0 aromatic heterocycles. The number of hydrogen-bond acceptors (Lipinski definition) is 6. The molecule has 162 valence electrons. The van der Waals surface area contributed by atoms with Crippen LogP contribution < -0.4 is 9.47 Å². The molecule has 0 N–H and O–H groups in total. The van der Waals surface area contributed by atoms with Crippen LogP contribution >= 0.6 is 0 Å². The number of carbonyl (C=O) groups excluding carboxylic acids is 1. The topological polar surface area (TPSA) is 76.2 Å². The molecule has 1 atom stereocenters. The number of carbonyl (C=O) groups is 1. The van der Waals surface area contributed by atoms with Gasteiger partial charge in [-0.3, -0.25) is 9.69 Å². The van der Waals surface area contributed by atoms with Gasteiger partial charge >= 0.3 is 0 Å². The molecule has 1 unspecified atom stereocenters. The van der Waals surface area contributed by atoms with Gasteiger partial charge in [0.2, 0.25) is 5.91 Å². The molecule has 7 nitrogen and oxygen atoms in total. The van der Waals surface area contributed by atoms with Crippen LogP contribution in [0.25, 0.3) is 0 Å². The van der Waals surface area contributed by atoms with Crippen molar-refractivity contribution in [2.75, 3.05) is 51.9 Å². The minimum atomic E-state index is -3.02. The summed E-state index contributed by atoms with van der Waals surface area (Å²) in [5.41, 5.74) is 0.865. The van der Waals surface area contributed by atoms with Crippen LogP contribution in [0.2, 0.25) is 0 Å². The summed E-state index contributed by atoms with van der Waals surface area (Å²) in [7, 11) is 0.332. The van der Waals surface area contributed by atoms with Crippen molar-refractivity contribution >= 4 is 15.7 Å². The Morgan fingerprint density at radius 3 is 2.23 bits per heavy atom. The Balaban J connectivity index is 1.64. The Bertz CT molecular complexity index is 918. The number of benzene rings is 2. The minimum absolute atomic E-state index is 0.0705. The molecule has 1 saturated heterocycles. The first-order valence-electron chi connectivity index (χ1n) is 9.91. The van der Waals surface area contributed by atoms with Crippen molar-refractivity contribution in [1.29, 1.82) is 0 Å². The zero-order chi connectivity index (χ0) is 21.6. The SMILES string of the molecule is COc1ccc(OCCN(C)C(=O)C(c2ccccc2)N2CCS(=O)(=O)CC2)cc1. The normalized spacial score (nSPS) is 17.1. The van der Waals surface area contributed by atoms with Crippen molar-refractivity contribution in [3.8, 4) is 11.5 Å². The Kier molecular flexibility index (Phi) is 7.33. The zero-order valence-electron chi connectivity index (χ0n) is 17.4. The van der Waals surface area contributed by atoms with Crippen molar-refractivity contribution in [3.05, 3.63) is 60.2 Å². The van der Waals surface area contributed by atoms with Crippen LogP contribution in [0.3, 0.4) is 0 Å². The van der Waals surface area contributed by atoms with Crippen molar-refractivity contribution in [2.45, 2.75) is 6.04 Å². The summed E-state index contributed by atoms with van der Waals surface area (Å²) in [4.78, 5) is 16.9. The second-order valence-electron chi connectivity index (χ2n) is 7.28. The van der Waals surface area contributed by atoms with Gasteiger partial charge in [0, 0.05) is 20.1 Å². The van der Waals surface area contributed by atoms with Crippen LogP contribution in [0.15, 0.2) is 54.6 Å². The van der Waals surface area contributed by atoms with Crippen molar-refractivity contribution in [1.82, 2.24) is 9.80 Å². The van der Waals surface area contributed by atoms with Gasteiger partial charge in [0.1, 0.15) is 24.1 Å². The highest BCUT2D eigenvalue weighted by molar-refractivity contribution is 7.91. The van der Waals surface area contributed by atoms with Crippen LogP contribution in [-0.4, -0.2) is 76.0 Å². The Hall–Kier alpha value is -2.58. The van der Waals surface area contributed by atoms with E-state index >= 15 is 0 Å². The smallest absolute Gasteiger partial charge is 0.244 e. The first kappa shape index (κ1) is 22.1. The van der Waals surface area contributed by atoms with E-state index in [4.69, 9.17) is 9.47 Å². The van der Waals surface area contributed by atoms with Crippen LogP contribution in [-0.2, 0) is 14.6 Å². The molecule has 1 fully saturated rings. The average Bonchev–Trinajstić information content (AvgIpc) is 2.76. The number of sulfone groups is 1. The summed E-state index contributed by atoms with van der Waals surface area (Å²) < 4.78 is 34.5. The van der Waals surface area contributed by atoms with E-state index in [-0.39, 0.29) is 17.4 Å². The van der Waals surface area contributed by atoms with Gasteiger partial charge in [-0.15, -0.1) is 0 Å². The second kappa shape index (κ2) is 9.95. The molecule has 2 aromatic rings. The molecule has 1 aliphatic rings. The van der Waals surface area contributed by atoms with Crippen LogP contribution in [0.5, 0.6) is 11.5 Å². The minimum Gasteiger partial charge on any atom is -0.497 e. The maximum atomic E-state index is 13.3. The molecule has 0 saturated carbocycles. The predicted molar refractivity (Wildman–Crippen MR) is 116 cm³/mol. The lowest BCUT2D eigenvalue weighted by Crippen LogP contribution is -2.48. The van der Waals surface area contributed by atoms with Gasteiger partial charge in [-0.05, 0) is 29.8 Å². The van der Waals surface area contributed by atoms with E-state index in [1.165, 1.54) is 0 Å². The zero-order valence-corrected chi connectivity index (χ0v) is 18.2. The van der Waals surface area contributed by atoms with Gasteiger partial charge in [-0.25, -0.2) is 8.42 Å². The van der Waals surface area contributed by atoms with E-state index in [9.17, 15) is 13.2 Å². The van der Waals surface area contributed by atoms with Gasteiger partial charge in [-0.1, -0.05) is 30.3 Å². The summed E-state index contributed by atoms with van der Waals surface area (Å²) >= 11 is 0. The molecule has 8 heteroatoms. The lowest BCUT2D eigenvalue weighted by Gasteiger charge is -2.35. The van der Waals surface area contributed by atoms with E-state index in [0.717, 1.165) is 11.3 Å². The molecule has 2 aromatic carbocycles. The lowest BCUT2D eigenvalue weighted by atomic mass is 10.0. The van der Waals surface area contributed by atoms with Gasteiger partial charge < -0.3 is 14.4 Å². The molecule has 0 aliphatic carbocycles. The number of rotatable bonds is 8. The van der Waals surface area contributed by atoms with E-state index in [1.54, 1.807) is 19.1 Å². The molecule has 0 bridgehead atoms. The molecule has 30 heavy (non-hydrogen) atoms. The average molecular weight is 433 g/mol. The number of methoxy groups -OCH3 is 1. The number of ether oxygens (including phenoxy) is 2. The molecule has 1 heterocycles. The Morgan fingerprint density at radius 1 is 1.03 bits per heavy atom. The number of nitrogens with zero attached hydrogens (tertiary/aromatic N) is 2. The van der Waals surface area contributed by atoms with Crippen molar-refractivity contribution in [3.63, 3.8) is 0 Å². The van der Waals surface area contributed by atoms with E-state index in [1.807, 2.05) is 59.5 Å². The third kappa shape index (κ3) is 5.73. The summed E-state index contributed by atoms with van der Waals surface area (Å²) in [6.07, 6.45) is 0. The number of hydrogen-bond donors (Lipinski definition) is 0. The van der Waals surface area contributed by atoms with E-state index < -0.39 is 15.9 Å². The second-order valence-corrected chi connectivity index (χ2v) is 9.59. The highest BCUT2D eigenvalue weighted by Gasteiger charge is 2.33. The monoisotopic (exact) mass is 432 g/mol. The van der Waals surface area contributed by atoms with E-state index in [2.05, 4.69) is 0 Å². The Morgan fingerprint density at radius 2 is 1.63 bits per heavy atom. The van der Waals surface area contributed by atoms with Gasteiger partial charge in [0.05, 0.1) is 25.2 Å². The van der Waals surface area contributed by atoms with Crippen molar-refractivity contribution < 1.29 is 22.7 Å². The highest BCUT2D eigenvalue weighted by atomic mass is 32.2. The third-order valence-corrected chi connectivity index (χ3v) is 6.83. The van der Waals surface area contributed by atoms with Gasteiger partial charge in [0.15, 0.2) is 9.84 Å². The standard InChI is InChI=1S/C22H28N2O5S/c1-23(12-15-29-20-10-8-19(28-2)9-11-20)22(25)21(18-6-4-3-5-7-18)24-13-16-30(26,27)17-14-24/h3-11,21H,12-17H2,1-2H3. The molecule has 0 radical (unpaired) electrons. The fourth-order valence-electron chi connectivity index (χ4n) is 3.42. The molecule has 0 spiro atoms. The molecule has 1 amide bonds. The first-order valence-corrected chi connectivity index (χ1v) is 11.7. The van der Waals surface area contributed by atoms with Crippen molar-refractivity contribution in [2.24, 2.45) is 0 Å². The maximum absolute atomic E-state index is 13.3. The lowest BCUT2D eigenvalue weighted by molar-refractivity contribution is -0.136. The maximum Gasteiger partial charge on any atom is 0.244 e. The largest absolute Gasteiger partial charge is 0.497 e.